The molecule has 0 aliphatic heterocycles. The smallest absolute Gasteiger partial charge is 0.271 e. The summed E-state index contributed by atoms with van der Waals surface area (Å²) < 4.78 is 31.6. The number of ether oxygens (including phenoxy) is 1. The molecule has 0 saturated heterocycles. The fourth-order valence-electron chi connectivity index (χ4n) is 2.15. The number of non-ortho nitro benzene ring substituents is 1. The van der Waals surface area contributed by atoms with Crippen molar-refractivity contribution in [3.8, 4) is 5.75 Å². The zero-order valence-corrected chi connectivity index (χ0v) is 14.0. The monoisotopic (exact) mass is 365 g/mol. The van der Waals surface area contributed by atoms with Crippen LogP contribution in [0.4, 0.5) is 11.4 Å². The Morgan fingerprint density at radius 1 is 1.24 bits per heavy atom. The van der Waals surface area contributed by atoms with Crippen molar-refractivity contribution in [1.82, 2.24) is 0 Å². The molecule has 0 bridgehead atoms. The molecule has 10 heteroatoms. The van der Waals surface area contributed by atoms with Gasteiger partial charge in [0.1, 0.15) is 18.0 Å². The fraction of sp³-hybridized carbons (Fsp3) is 0.133. The molecule has 25 heavy (non-hydrogen) atoms. The minimum Gasteiger partial charge on any atom is -0.495 e. The fourth-order valence-corrected chi connectivity index (χ4v) is 3.60. The number of methoxy groups -OCH3 is 1. The van der Waals surface area contributed by atoms with Gasteiger partial charge >= 0.3 is 0 Å². The van der Waals surface area contributed by atoms with E-state index in [-0.39, 0.29) is 22.0 Å². The summed E-state index contributed by atoms with van der Waals surface area (Å²) >= 11 is 0. The number of amides is 1. The second-order valence-corrected chi connectivity index (χ2v) is 6.77. The molecule has 0 spiro atoms. The number of benzene rings is 2. The normalized spacial score (nSPS) is 10.9. The van der Waals surface area contributed by atoms with E-state index in [1.165, 1.54) is 43.5 Å². The molecule has 9 nitrogen and oxygen atoms in total. The Labute approximate surface area is 143 Å². The zero-order valence-electron chi connectivity index (χ0n) is 13.2. The van der Waals surface area contributed by atoms with Crippen molar-refractivity contribution < 1.29 is 22.9 Å². The Balaban J connectivity index is 2.68. The largest absolute Gasteiger partial charge is 0.495 e. The van der Waals surface area contributed by atoms with Gasteiger partial charge in [0, 0.05) is 12.1 Å². The third-order valence-corrected chi connectivity index (χ3v) is 5.05. The number of nitrogens with zero attached hydrogens (tertiary/aromatic N) is 2. The molecular formula is C15H15N3O6S. The van der Waals surface area contributed by atoms with Crippen LogP contribution in [0.2, 0.25) is 0 Å². The lowest BCUT2D eigenvalue weighted by atomic mass is 10.2. The first-order valence-corrected chi connectivity index (χ1v) is 8.40. The SMILES string of the molecule is COc1ccc([N+](=O)[O-])cc1N(CC(N)=O)S(=O)(=O)c1ccccc1. The van der Waals surface area contributed by atoms with Gasteiger partial charge in [0.05, 0.1) is 16.9 Å². The predicted octanol–water partition coefficient (Wildman–Crippen LogP) is 1.28. The van der Waals surface area contributed by atoms with Gasteiger partial charge in [0.25, 0.3) is 15.7 Å². The molecular weight excluding hydrogens is 350 g/mol. The van der Waals surface area contributed by atoms with Gasteiger partial charge in [-0.2, -0.15) is 0 Å². The predicted molar refractivity (Wildman–Crippen MR) is 89.8 cm³/mol. The molecule has 0 heterocycles. The second-order valence-electron chi connectivity index (χ2n) is 4.90. The second kappa shape index (κ2) is 7.18. The lowest BCUT2D eigenvalue weighted by molar-refractivity contribution is -0.384. The Bertz CT molecular complexity index is 899. The number of rotatable bonds is 7. The number of anilines is 1. The van der Waals surface area contributed by atoms with Gasteiger partial charge in [-0.05, 0) is 18.2 Å². The van der Waals surface area contributed by atoms with Gasteiger partial charge in [-0.15, -0.1) is 0 Å². The zero-order chi connectivity index (χ0) is 18.6. The number of hydrogen-bond donors (Lipinski definition) is 1. The number of nitrogens with two attached hydrogens (primary N) is 1. The first-order chi connectivity index (χ1) is 11.8. The van der Waals surface area contributed by atoms with E-state index >= 15 is 0 Å². The summed E-state index contributed by atoms with van der Waals surface area (Å²) in [5.41, 5.74) is 4.67. The average Bonchev–Trinajstić information content (AvgIpc) is 2.59. The Kier molecular flexibility index (Phi) is 5.22. The van der Waals surface area contributed by atoms with Crippen molar-refractivity contribution in [3.63, 3.8) is 0 Å². The van der Waals surface area contributed by atoms with Gasteiger partial charge in [-0.1, -0.05) is 18.2 Å². The molecule has 2 N–H and O–H groups in total. The Morgan fingerprint density at radius 3 is 2.40 bits per heavy atom. The van der Waals surface area contributed by atoms with Crippen molar-refractivity contribution in [2.75, 3.05) is 18.0 Å². The molecule has 0 radical (unpaired) electrons. The summed E-state index contributed by atoms with van der Waals surface area (Å²) in [6.07, 6.45) is 0. The van der Waals surface area contributed by atoms with Crippen molar-refractivity contribution in [1.29, 1.82) is 0 Å². The standard InChI is InChI=1S/C15H15N3O6S/c1-24-14-8-7-11(18(20)21)9-13(14)17(10-15(16)19)25(22,23)12-5-3-2-4-6-12/h2-9H,10H2,1H3,(H2,16,19). The highest BCUT2D eigenvalue weighted by molar-refractivity contribution is 7.92. The molecule has 0 fully saturated rings. The number of hydrogen-bond acceptors (Lipinski definition) is 6. The summed E-state index contributed by atoms with van der Waals surface area (Å²) in [7, 11) is -2.91. The van der Waals surface area contributed by atoms with Crippen LogP contribution in [0.5, 0.6) is 5.75 Å². The third kappa shape index (κ3) is 3.86. The van der Waals surface area contributed by atoms with Gasteiger partial charge in [-0.3, -0.25) is 19.2 Å². The van der Waals surface area contributed by atoms with Crippen LogP contribution >= 0.6 is 0 Å². The van der Waals surface area contributed by atoms with Crippen LogP contribution in [0.1, 0.15) is 0 Å². The Hall–Kier alpha value is -3.14. The van der Waals surface area contributed by atoms with Crippen molar-refractivity contribution in [2.24, 2.45) is 5.73 Å². The molecule has 0 saturated carbocycles. The maximum Gasteiger partial charge on any atom is 0.271 e. The lowest BCUT2D eigenvalue weighted by Crippen LogP contribution is -2.38. The van der Waals surface area contributed by atoms with Gasteiger partial charge in [0.2, 0.25) is 5.91 Å². The van der Waals surface area contributed by atoms with E-state index in [0.717, 1.165) is 6.07 Å². The molecule has 2 aromatic carbocycles. The number of nitro benzene ring substituents is 1. The number of primary amides is 1. The van der Waals surface area contributed by atoms with E-state index in [2.05, 4.69) is 0 Å². The minimum absolute atomic E-state index is 0.0476. The van der Waals surface area contributed by atoms with E-state index in [0.29, 0.717) is 4.31 Å². The first-order valence-electron chi connectivity index (χ1n) is 6.96. The summed E-state index contributed by atoms with van der Waals surface area (Å²) in [5, 5.41) is 11.0. The number of sulfonamides is 1. The summed E-state index contributed by atoms with van der Waals surface area (Å²) in [4.78, 5) is 21.7. The van der Waals surface area contributed by atoms with Crippen LogP contribution in [0.15, 0.2) is 53.4 Å². The minimum atomic E-state index is -4.19. The van der Waals surface area contributed by atoms with Crippen molar-refractivity contribution in [2.45, 2.75) is 4.90 Å². The number of nitro groups is 1. The Morgan fingerprint density at radius 2 is 1.88 bits per heavy atom. The van der Waals surface area contributed by atoms with Crippen LogP contribution < -0.4 is 14.8 Å². The average molecular weight is 365 g/mol. The van der Waals surface area contributed by atoms with Gasteiger partial charge < -0.3 is 10.5 Å². The molecule has 0 unspecified atom stereocenters. The molecule has 0 aliphatic rings. The molecule has 2 aromatic rings. The van der Waals surface area contributed by atoms with E-state index in [4.69, 9.17) is 10.5 Å². The summed E-state index contributed by atoms with van der Waals surface area (Å²) in [6.45, 7) is -0.700. The maximum atomic E-state index is 12.9. The van der Waals surface area contributed by atoms with Crippen molar-refractivity contribution in [3.05, 3.63) is 58.6 Å². The maximum absolute atomic E-state index is 12.9. The highest BCUT2D eigenvalue weighted by Crippen LogP contribution is 2.35. The molecule has 1 amide bonds. The number of carbonyl (C=O) groups excluding carboxylic acids is 1. The molecule has 0 aliphatic carbocycles. The highest BCUT2D eigenvalue weighted by atomic mass is 32.2. The summed E-state index contributed by atoms with van der Waals surface area (Å²) in [6, 6.07) is 10.8. The molecule has 2 rings (SSSR count). The topological polar surface area (TPSA) is 133 Å². The van der Waals surface area contributed by atoms with Gasteiger partial charge in [0.15, 0.2) is 0 Å². The van der Waals surface area contributed by atoms with Crippen LogP contribution in [0.25, 0.3) is 0 Å². The van der Waals surface area contributed by atoms with Crippen LogP contribution in [0, 0.1) is 10.1 Å². The first kappa shape index (κ1) is 18.2. The third-order valence-electron chi connectivity index (χ3n) is 3.27. The summed E-state index contributed by atoms with van der Waals surface area (Å²) in [5.74, 6) is -0.876. The van der Waals surface area contributed by atoms with Crippen LogP contribution in [0.3, 0.4) is 0 Å². The lowest BCUT2D eigenvalue weighted by Gasteiger charge is -2.24. The molecule has 132 valence electrons. The number of carbonyl (C=O) groups is 1. The highest BCUT2D eigenvalue weighted by Gasteiger charge is 2.30. The van der Waals surface area contributed by atoms with Crippen LogP contribution in [-0.2, 0) is 14.8 Å². The van der Waals surface area contributed by atoms with E-state index in [1.54, 1.807) is 6.07 Å². The molecule has 0 atom stereocenters. The van der Waals surface area contributed by atoms with Crippen molar-refractivity contribution >= 4 is 27.3 Å². The van der Waals surface area contributed by atoms with Gasteiger partial charge in [-0.25, -0.2) is 8.42 Å². The van der Waals surface area contributed by atoms with E-state index < -0.39 is 27.4 Å². The van der Waals surface area contributed by atoms with E-state index in [9.17, 15) is 23.3 Å². The van der Waals surface area contributed by atoms with Crippen LogP contribution in [-0.4, -0.2) is 32.9 Å². The van der Waals surface area contributed by atoms with E-state index in [1.807, 2.05) is 0 Å². The quantitative estimate of drug-likeness (QED) is 0.580. The molecule has 0 aromatic heterocycles.